The third-order valence-electron chi connectivity index (χ3n) is 2.15. The Morgan fingerprint density at radius 2 is 2.19 bits per heavy atom. The van der Waals surface area contributed by atoms with E-state index in [2.05, 4.69) is 4.98 Å². The van der Waals surface area contributed by atoms with Gasteiger partial charge in [0.2, 0.25) is 0 Å². The molecule has 1 heterocycles. The van der Waals surface area contributed by atoms with E-state index in [0.29, 0.717) is 21.2 Å². The first kappa shape index (κ1) is 11.6. The first-order valence-electron chi connectivity index (χ1n) is 4.33. The Kier molecular flexibility index (Phi) is 3.33. The van der Waals surface area contributed by atoms with Crippen LogP contribution in [0.5, 0.6) is 5.75 Å². The molecule has 0 aliphatic heterocycles. The van der Waals surface area contributed by atoms with E-state index < -0.39 is 10.0 Å². The zero-order valence-corrected chi connectivity index (χ0v) is 10.6. The number of hydrogen-bond donors (Lipinski definition) is 0. The summed E-state index contributed by atoms with van der Waals surface area (Å²) in [7, 11) is 5.40. The van der Waals surface area contributed by atoms with E-state index in [1.807, 2.05) is 0 Å². The number of ether oxygens (including phenoxy) is 1. The Labute approximate surface area is 104 Å². The van der Waals surface area contributed by atoms with Crippen LogP contribution in [0.25, 0.3) is 10.9 Å². The average Bonchev–Trinajstić information content (AvgIpc) is 2.28. The molecule has 84 valence electrons. The van der Waals surface area contributed by atoms with E-state index in [1.165, 1.54) is 7.11 Å². The highest BCUT2D eigenvalue weighted by Crippen LogP contribution is 2.31. The van der Waals surface area contributed by atoms with Crippen molar-refractivity contribution < 1.29 is 8.95 Å². The minimum atomic E-state index is -1.64. The highest BCUT2D eigenvalue weighted by Gasteiger charge is 2.12. The fourth-order valence-electron chi connectivity index (χ4n) is 1.41. The number of nitrogens with zero attached hydrogens (tertiary/aromatic N) is 1. The molecule has 1 aromatic carbocycles. The molecular formula is C10H7Cl2NO2S. The molecule has 0 saturated heterocycles. The highest BCUT2D eigenvalue weighted by atomic mass is 35.7. The largest absolute Gasteiger partial charge is 0.495 e. The second-order valence-corrected chi connectivity index (χ2v) is 5.17. The van der Waals surface area contributed by atoms with Gasteiger partial charge in [-0.2, -0.15) is 0 Å². The maximum absolute atomic E-state index is 11.3. The van der Waals surface area contributed by atoms with Crippen LogP contribution in [0.4, 0.5) is 0 Å². The van der Waals surface area contributed by atoms with Gasteiger partial charge in [0, 0.05) is 11.6 Å². The number of aromatic nitrogens is 1. The second-order valence-electron chi connectivity index (χ2n) is 3.04. The first-order valence-corrected chi connectivity index (χ1v) is 6.69. The van der Waals surface area contributed by atoms with E-state index in [0.717, 1.165) is 5.39 Å². The Balaban J connectivity index is 2.80. The Morgan fingerprint density at radius 3 is 2.81 bits per heavy atom. The number of methoxy groups -OCH3 is 1. The van der Waals surface area contributed by atoms with Gasteiger partial charge in [-0.15, -0.1) is 0 Å². The molecule has 2 aromatic rings. The first-order chi connectivity index (χ1) is 7.63. The molecule has 6 heteroatoms. The Bertz CT molecular complexity index is 574. The number of rotatable bonds is 2. The van der Waals surface area contributed by atoms with Crippen molar-refractivity contribution in [1.82, 2.24) is 4.98 Å². The topological polar surface area (TPSA) is 39.2 Å². The molecule has 0 radical (unpaired) electrons. The predicted octanol–water partition coefficient (Wildman–Crippen LogP) is 3.16. The molecule has 2 rings (SSSR count). The van der Waals surface area contributed by atoms with Crippen LogP contribution in [0.2, 0.25) is 5.02 Å². The number of halogens is 2. The van der Waals surface area contributed by atoms with E-state index in [4.69, 9.17) is 27.0 Å². The molecule has 0 fully saturated rings. The zero-order chi connectivity index (χ0) is 11.7. The standard InChI is InChI=1S/C10H7Cl2NO2S/c1-15-9-4-6-7(11)2-3-13-8(6)5-10(9)16(12)14/h2-5H,1H3. The van der Waals surface area contributed by atoms with Crippen molar-refractivity contribution in [3.8, 4) is 5.75 Å². The van der Waals surface area contributed by atoms with Crippen LogP contribution in [-0.2, 0) is 10.0 Å². The molecular weight excluding hydrogens is 269 g/mol. The maximum Gasteiger partial charge on any atom is 0.151 e. The van der Waals surface area contributed by atoms with Crippen molar-refractivity contribution in [2.24, 2.45) is 0 Å². The van der Waals surface area contributed by atoms with Crippen molar-refractivity contribution >= 4 is 43.2 Å². The molecule has 1 atom stereocenters. The number of benzene rings is 1. The summed E-state index contributed by atoms with van der Waals surface area (Å²) in [6, 6.07) is 4.98. The van der Waals surface area contributed by atoms with Gasteiger partial charge in [-0.05, 0) is 28.9 Å². The fraction of sp³-hybridized carbons (Fsp3) is 0.100. The molecule has 1 unspecified atom stereocenters. The van der Waals surface area contributed by atoms with E-state index in [-0.39, 0.29) is 0 Å². The van der Waals surface area contributed by atoms with Gasteiger partial charge in [0.25, 0.3) is 0 Å². The van der Waals surface area contributed by atoms with Crippen molar-refractivity contribution in [3.63, 3.8) is 0 Å². The van der Waals surface area contributed by atoms with Gasteiger partial charge in [-0.3, -0.25) is 4.98 Å². The lowest BCUT2D eigenvalue weighted by Crippen LogP contribution is -1.92. The van der Waals surface area contributed by atoms with Gasteiger partial charge in [-0.1, -0.05) is 11.6 Å². The lowest BCUT2D eigenvalue weighted by Gasteiger charge is -2.07. The van der Waals surface area contributed by atoms with Gasteiger partial charge in [0.05, 0.1) is 22.5 Å². The minimum Gasteiger partial charge on any atom is -0.495 e. The Hall–Kier alpha value is -0.840. The van der Waals surface area contributed by atoms with E-state index >= 15 is 0 Å². The maximum atomic E-state index is 11.3. The molecule has 0 aliphatic rings. The molecule has 3 nitrogen and oxygen atoms in total. The third-order valence-corrected chi connectivity index (χ3v) is 3.64. The van der Waals surface area contributed by atoms with Gasteiger partial charge < -0.3 is 4.74 Å². The summed E-state index contributed by atoms with van der Waals surface area (Å²) in [5, 5.41) is 1.31. The average molecular weight is 276 g/mol. The van der Waals surface area contributed by atoms with Crippen molar-refractivity contribution in [2.45, 2.75) is 4.90 Å². The SMILES string of the molecule is COc1cc2c(Cl)ccnc2cc1S(=O)Cl. The third kappa shape index (κ3) is 2.00. The zero-order valence-electron chi connectivity index (χ0n) is 8.24. The van der Waals surface area contributed by atoms with Gasteiger partial charge in [0.15, 0.2) is 10.0 Å². The van der Waals surface area contributed by atoms with Crippen LogP contribution >= 0.6 is 22.3 Å². The minimum absolute atomic E-state index is 0.395. The van der Waals surface area contributed by atoms with Crippen molar-refractivity contribution in [2.75, 3.05) is 7.11 Å². The lowest BCUT2D eigenvalue weighted by atomic mass is 10.2. The molecule has 16 heavy (non-hydrogen) atoms. The summed E-state index contributed by atoms with van der Waals surface area (Å²) in [5.74, 6) is 0.440. The molecule has 0 aliphatic carbocycles. The number of pyridine rings is 1. The summed E-state index contributed by atoms with van der Waals surface area (Å²) in [6.07, 6.45) is 1.58. The molecule has 1 aromatic heterocycles. The molecule has 0 bridgehead atoms. The van der Waals surface area contributed by atoms with Crippen LogP contribution < -0.4 is 4.74 Å². The van der Waals surface area contributed by atoms with Crippen LogP contribution in [0.15, 0.2) is 29.3 Å². The van der Waals surface area contributed by atoms with Crippen LogP contribution in [-0.4, -0.2) is 16.3 Å². The molecule has 0 N–H and O–H groups in total. The van der Waals surface area contributed by atoms with Crippen molar-refractivity contribution in [3.05, 3.63) is 29.4 Å². The molecule has 0 spiro atoms. The smallest absolute Gasteiger partial charge is 0.151 e. The monoisotopic (exact) mass is 275 g/mol. The lowest BCUT2D eigenvalue weighted by molar-refractivity contribution is 0.405. The quantitative estimate of drug-likeness (QED) is 0.791. The second kappa shape index (κ2) is 4.57. The van der Waals surface area contributed by atoms with E-state index in [9.17, 15) is 4.21 Å². The normalized spacial score (nSPS) is 12.7. The van der Waals surface area contributed by atoms with Gasteiger partial charge in [-0.25, -0.2) is 4.21 Å². The summed E-state index contributed by atoms with van der Waals surface area (Å²) in [4.78, 5) is 4.52. The molecule has 0 saturated carbocycles. The predicted molar refractivity (Wildman–Crippen MR) is 65.6 cm³/mol. The summed E-state index contributed by atoms with van der Waals surface area (Å²) in [6.45, 7) is 0. The summed E-state index contributed by atoms with van der Waals surface area (Å²) in [5.41, 5.74) is 0.636. The molecule has 0 amide bonds. The highest BCUT2D eigenvalue weighted by molar-refractivity contribution is 8.08. The van der Waals surface area contributed by atoms with Crippen LogP contribution in [0, 0.1) is 0 Å². The summed E-state index contributed by atoms with van der Waals surface area (Å²) < 4.78 is 16.4. The van der Waals surface area contributed by atoms with Crippen molar-refractivity contribution in [1.29, 1.82) is 0 Å². The van der Waals surface area contributed by atoms with E-state index in [1.54, 1.807) is 24.4 Å². The fourth-order valence-corrected chi connectivity index (χ4v) is 2.48. The van der Waals surface area contributed by atoms with Gasteiger partial charge >= 0.3 is 0 Å². The Morgan fingerprint density at radius 1 is 1.44 bits per heavy atom. The number of hydrogen-bond acceptors (Lipinski definition) is 3. The summed E-state index contributed by atoms with van der Waals surface area (Å²) >= 11 is 6.01. The van der Waals surface area contributed by atoms with Gasteiger partial charge in [0.1, 0.15) is 5.75 Å². The van der Waals surface area contributed by atoms with Crippen LogP contribution in [0.1, 0.15) is 0 Å². The number of fused-ring (bicyclic) bond motifs is 1. The van der Waals surface area contributed by atoms with Crippen LogP contribution in [0.3, 0.4) is 0 Å².